The van der Waals surface area contributed by atoms with Crippen LogP contribution in [0.1, 0.15) is 28.8 Å². The fourth-order valence-corrected chi connectivity index (χ4v) is 2.27. The third-order valence-electron chi connectivity index (χ3n) is 3.07. The summed E-state index contributed by atoms with van der Waals surface area (Å²) < 4.78 is 0. The molecule has 1 amide bonds. The predicted octanol–water partition coefficient (Wildman–Crippen LogP) is 2.55. The van der Waals surface area contributed by atoms with Gasteiger partial charge in [-0.1, -0.05) is 23.7 Å². The Morgan fingerprint density at radius 2 is 2.28 bits per heavy atom. The van der Waals surface area contributed by atoms with E-state index in [0.29, 0.717) is 10.6 Å². The number of aryl methyl sites for hydroxylation is 1. The van der Waals surface area contributed by atoms with Gasteiger partial charge in [-0.25, -0.2) is 0 Å². The Labute approximate surface area is 119 Å². The lowest BCUT2D eigenvalue weighted by Crippen LogP contribution is -2.45. The molecule has 100 valence electrons. The minimum absolute atomic E-state index is 0. The van der Waals surface area contributed by atoms with Gasteiger partial charge in [0, 0.05) is 12.6 Å². The summed E-state index contributed by atoms with van der Waals surface area (Å²) in [4.78, 5) is 12.1. The van der Waals surface area contributed by atoms with Gasteiger partial charge >= 0.3 is 0 Å². The normalized spacial score (nSPS) is 18.9. The Morgan fingerprint density at radius 3 is 2.94 bits per heavy atom. The van der Waals surface area contributed by atoms with Crippen molar-refractivity contribution in [3.63, 3.8) is 0 Å². The van der Waals surface area contributed by atoms with E-state index in [0.717, 1.165) is 31.5 Å². The van der Waals surface area contributed by atoms with Crippen LogP contribution in [0.4, 0.5) is 0 Å². The summed E-state index contributed by atoms with van der Waals surface area (Å²) in [5.74, 6) is -0.0765. The van der Waals surface area contributed by atoms with Crippen LogP contribution in [-0.4, -0.2) is 25.0 Å². The van der Waals surface area contributed by atoms with E-state index >= 15 is 0 Å². The molecular weight excluding hydrogens is 271 g/mol. The molecule has 3 nitrogen and oxygen atoms in total. The quantitative estimate of drug-likeness (QED) is 0.878. The Balaban J connectivity index is 0.00000162. The average molecular weight is 289 g/mol. The van der Waals surface area contributed by atoms with E-state index in [4.69, 9.17) is 11.6 Å². The molecular formula is C13H18Cl2N2O. The lowest BCUT2D eigenvalue weighted by Gasteiger charge is -2.24. The van der Waals surface area contributed by atoms with Crippen LogP contribution in [0.25, 0.3) is 0 Å². The van der Waals surface area contributed by atoms with Crippen LogP contribution in [0.5, 0.6) is 0 Å². The van der Waals surface area contributed by atoms with Gasteiger partial charge in [-0.3, -0.25) is 4.79 Å². The highest BCUT2D eigenvalue weighted by Crippen LogP contribution is 2.20. The van der Waals surface area contributed by atoms with E-state index in [9.17, 15) is 4.79 Å². The molecule has 1 aliphatic rings. The summed E-state index contributed by atoms with van der Waals surface area (Å²) in [7, 11) is 0. The van der Waals surface area contributed by atoms with Gasteiger partial charge in [-0.2, -0.15) is 0 Å². The minimum atomic E-state index is -0.0765. The summed E-state index contributed by atoms with van der Waals surface area (Å²) in [6, 6.07) is 5.74. The molecule has 1 aliphatic heterocycles. The van der Waals surface area contributed by atoms with Crippen molar-refractivity contribution >= 4 is 29.9 Å². The van der Waals surface area contributed by atoms with Crippen molar-refractivity contribution in [2.45, 2.75) is 25.8 Å². The van der Waals surface area contributed by atoms with Crippen LogP contribution in [0, 0.1) is 6.92 Å². The van der Waals surface area contributed by atoms with Crippen LogP contribution in [0.3, 0.4) is 0 Å². The fourth-order valence-electron chi connectivity index (χ4n) is 2.06. The van der Waals surface area contributed by atoms with Gasteiger partial charge < -0.3 is 10.6 Å². The van der Waals surface area contributed by atoms with Gasteiger partial charge in [0.1, 0.15) is 0 Å². The molecule has 0 aliphatic carbocycles. The van der Waals surface area contributed by atoms with Crippen LogP contribution in [0.2, 0.25) is 5.02 Å². The number of halogens is 2. The first-order valence-electron chi connectivity index (χ1n) is 5.95. The Morgan fingerprint density at radius 1 is 1.50 bits per heavy atom. The monoisotopic (exact) mass is 288 g/mol. The maximum absolute atomic E-state index is 12.1. The van der Waals surface area contributed by atoms with Gasteiger partial charge in [-0.05, 0) is 37.9 Å². The molecule has 2 rings (SSSR count). The highest BCUT2D eigenvalue weighted by atomic mass is 35.5. The second-order valence-electron chi connectivity index (χ2n) is 4.45. The Bertz CT molecular complexity index is 417. The number of rotatable bonds is 2. The Kier molecular flexibility index (Phi) is 5.93. The molecule has 0 aromatic heterocycles. The molecule has 0 radical (unpaired) electrons. The maximum atomic E-state index is 12.1. The van der Waals surface area contributed by atoms with Crippen LogP contribution in [0.15, 0.2) is 18.2 Å². The summed E-state index contributed by atoms with van der Waals surface area (Å²) in [5, 5.41) is 6.84. The highest BCUT2D eigenvalue weighted by Gasteiger charge is 2.18. The minimum Gasteiger partial charge on any atom is -0.348 e. The third kappa shape index (κ3) is 3.61. The summed E-state index contributed by atoms with van der Waals surface area (Å²) in [6.07, 6.45) is 2.13. The molecule has 0 spiro atoms. The predicted molar refractivity (Wildman–Crippen MR) is 76.8 cm³/mol. The molecule has 1 heterocycles. The van der Waals surface area contributed by atoms with Crippen LogP contribution in [-0.2, 0) is 0 Å². The van der Waals surface area contributed by atoms with Crippen molar-refractivity contribution in [2.75, 3.05) is 13.1 Å². The first kappa shape index (κ1) is 15.3. The number of hydrogen-bond acceptors (Lipinski definition) is 2. The van der Waals surface area contributed by atoms with Gasteiger partial charge in [0.15, 0.2) is 0 Å². The van der Waals surface area contributed by atoms with E-state index in [1.165, 1.54) is 0 Å². The SMILES string of the molecule is Cc1cccc(C(=O)N[C@@H]2CCCNC2)c1Cl.Cl. The summed E-state index contributed by atoms with van der Waals surface area (Å²) in [5.41, 5.74) is 1.50. The number of nitrogens with one attached hydrogen (secondary N) is 2. The van der Waals surface area contributed by atoms with Gasteiger partial charge in [-0.15, -0.1) is 12.4 Å². The van der Waals surface area contributed by atoms with Crippen molar-refractivity contribution < 1.29 is 4.79 Å². The number of carbonyl (C=O) groups excluding carboxylic acids is 1. The highest BCUT2D eigenvalue weighted by molar-refractivity contribution is 6.34. The first-order chi connectivity index (χ1) is 8.18. The zero-order valence-corrected chi connectivity index (χ0v) is 11.9. The van der Waals surface area contributed by atoms with Crippen molar-refractivity contribution in [2.24, 2.45) is 0 Å². The molecule has 1 aromatic carbocycles. The van der Waals surface area contributed by atoms with E-state index in [-0.39, 0.29) is 24.4 Å². The zero-order valence-electron chi connectivity index (χ0n) is 10.3. The number of amides is 1. The number of hydrogen-bond donors (Lipinski definition) is 2. The topological polar surface area (TPSA) is 41.1 Å². The van der Waals surface area contributed by atoms with E-state index in [1.54, 1.807) is 6.07 Å². The zero-order chi connectivity index (χ0) is 12.3. The molecule has 0 bridgehead atoms. The van der Waals surface area contributed by atoms with E-state index in [1.807, 2.05) is 19.1 Å². The number of benzene rings is 1. The first-order valence-corrected chi connectivity index (χ1v) is 6.33. The molecule has 1 fully saturated rings. The third-order valence-corrected chi connectivity index (χ3v) is 3.57. The molecule has 2 N–H and O–H groups in total. The fraction of sp³-hybridized carbons (Fsp3) is 0.462. The largest absolute Gasteiger partial charge is 0.348 e. The van der Waals surface area contributed by atoms with Gasteiger partial charge in [0.25, 0.3) is 5.91 Å². The average Bonchev–Trinajstić information content (AvgIpc) is 2.34. The van der Waals surface area contributed by atoms with Crippen molar-refractivity contribution in [3.05, 3.63) is 34.3 Å². The van der Waals surface area contributed by atoms with Crippen molar-refractivity contribution in [1.82, 2.24) is 10.6 Å². The number of piperidine rings is 1. The molecule has 5 heteroatoms. The molecule has 0 unspecified atom stereocenters. The van der Waals surface area contributed by atoms with E-state index in [2.05, 4.69) is 10.6 Å². The molecule has 1 atom stereocenters. The van der Waals surface area contributed by atoms with Gasteiger partial charge in [0.2, 0.25) is 0 Å². The summed E-state index contributed by atoms with van der Waals surface area (Å²) in [6.45, 7) is 3.79. The smallest absolute Gasteiger partial charge is 0.253 e. The van der Waals surface area contributed by atoms with Crippen LogP contribution >= 0.6 is 24.0 Å². The molecule has 18 heavy (non-hydrogen) atoms. The second-order valence-corrected chi connectivity index (χ2v) is 4.83. The van der Waals surface area contributed by atoms with E-state index < -0.39 is 0 Å². The molecule has 0 saturated carbocycles. The van der Waals surface area contributed by atoms with Gasteiger partial charge in [0.05, 0.1) is 10.6 Å². The lowest BCUT2D eigenvalue weighted by atomic mass is 10.1. The van der Waals surface area contributed by atoms with Crippen molar-refractivity contribution in [3.8, 4) is 0 Å². The maximum Gasteiger partial charge on any atom is 0.253 e. The second kappa shape index (κ2) is 6.98. The molecule has 1 saturated heterocycles. The lowest BCUT2D eigenvalue weighted by molar-refractivity contribution is 0.0931. The summed E-state index contributed by atoms with van der Waals surface area (Å²) >= 11 is 6.13. The van der Waals surface area contributed by atoms with Crippen LogP contribution < -0.4 is 10.6 Å². The van der Waals surface area contributed by atoms with Crippen molar-refractivity contribution in [1.29, 1.82) is 0 Å². The molecule has 1 aromatic rings. The Hall–Kier alpha value is -0.770. The standard InChI is InChI=1S/C13H17ClN2O.ClH/c1-9-4-2-6-11(12(9)14)13(17)16-10-5-3-7-15-8-10;/h2,4,6,10,15H,3,5,7-8H2,1H3,(H,16,17);1H/t10-;/m1./s1. The number of carbonyl (C=O) groups is 1.